The lowest BCUT2D eigenvalue weighted by Crippen LogP contribution is -2.43. The number of amides is 2. The van der Waals surface area contributed by atoms with Crippen molar-refractivity contribution in [3.63, 3.8) is 0 Å². The van der Waals surface area contributed by atoms with Gasteiger partial charge >= 0.3 is 0 Å². The Bertz CT molecular complexity index is 1080. The van der Waals surface area contributed by atoms with Gasteiger partial charge in [-0.1, -0.05) is 42.0 Å². The quantitative estimate of drug-likeness (QED) is 0.307. The van der Waals surface area contributed by atoms with Gasteiger partial charge in [-0.15, -0.1) is 0 Å². The summed E-state index contributed by atoms with van der Waals surface area (Å²) in [5.74, 6) is 3.38. The first kappa shape index (κ1) is 19.9. The van der Waals surface area contributed by atoms with E-state index < -0.39 is 17.6 Å². The first-order chi connectivity index (χ1) is 13.8. The molecule has 0 aliphatic heterocycles. The van der Waals surface area contributed by atoms with Crippen molar-refractivity contribution < 1.29 is 24.9 Å². The highest BCUT2D eigenvalue weighted by molar-refractivity contribution is 6.10. The van der Waals surface area contributed by atoms with Crippen LogP contribution in [0.5, 0.6) is 17.2 Å². The summed E-state index contributed by atoms with van der Waals surface area (Å²) >= 11 is 0. The van der Waals surface area contributed by atoms with Crippen LogP contribution in [0.4, 0.5) is 0 Å². The molecule has 0 atom stereocenters. The number of carbonyl (C=O) groups is 2. The van der Waals surface area contributed by atoms with E-state index in [2.05, 4.69) is 0 Å². The number of nitrogens with two attached hydrogens (primary N) is 1. The minimum absolute atomic E-state index is 0.0111. The Balaban J connectivity index is 1.95. The average Bonchev–Trinajstić information content (AvgIpc) is 2.67. The fraction of sp³-hybridized carbons (Fsp3) is 0.0909. The molecular formula is C22H20N2O5. The summed E-state index contributed by atoms with van der Waals surface area (Å²) in [7, 11) is 0. The molecule has 29 heavy (non-hydrogen) atoms. The van der Waals surface area contributed by atoms with Crippen LogP contribution in [0.25, 0.3) is 11.1 Å². The number of aromatic hydroxyl groups is 3. The van der Waals surface area contributed by atoms with Gasteiger partial charge in [0.1, 0.15) is 17.2 Å². The number of benzene rings is 3. The topological polar surface area (TPSA) is 124 Å². The van der Waals surface area contributed by atoms with E-state index in [1.165, 1.54) is 18.2 Å². The number of carbonyl (C=O) groups excluding carboxylic acids is 2. The third kappa shape index (κ3) is 4.36. The van der Waals surface area contributed by atoms with E-state index in [-0.39, 0.29) is 29.0 Å². The van der Waals surface area contributed by atoms with E-state index in [4.69, 9.17) is 5.84 Å². The third-order valence-corrected chi connectivity index (χ3v) is 4.43. The molecule has 0 aliphatic carbocycles. The lowest BCUT2D eigenvalue weighted by Gasteiger charge is -2.18. The molecule has 0 spiro atoms. The Kier molecular flexibility index (Phi) is 5.52. The number of hydrogen-bond donors (Lipinski definition) is 4. The smallest absolute Gasteiger partial charge is 0.279 e. The second kappa shape index (κ2) is 8.04. The van der Waals surface area contributed by atoms with Crippen LogP contribution in [0.3, 0.4) is 0 Å². The number of hydrazine groups is 1. The van der Waals surface area contributed by atoms with Crippen molar-refractivity contribution in [1.82, 2.24) is 5.01 Å². The molecule has 3 aromatic carbocycles. The second-order valence-electron chi connectivity index (χ2n) is 6.67. The number of nitrogens with zero attached hydrogens (tertiary/aromatic N) is 1. The SMILES string of the molecule is Cc1ccc(-c2cc(O)cc(O)c2C(=O)N(N)C(=O)Cc2cccc(O)c2)cc1. The van der Waals surface area contributed by atoms with E-state index >= 15 is 0 Å². The number of aryl methyl sites for hydroxylation is 1. The van der Waals surface area contributed by atoms with E-state index in [0.29, 0.717) is 16.1 Å². The fourth-order valence-electron chi connectivity index (χ4n) is 2.96. The van der Waals surface area contributed by atoms with Gasteiger partial charge in [-0.2, -0.15) is 0 Å². The molecule has 0 aromatic heterocycles. The number of phenols is 3. The van der Waals surface area contributed by atoms with Crippen LogP contribution in [0, 0.1) is 6.92 Å². The Morgan fingerprint density at radius 3 is 2.28 bits per heavy atom. The van der Waals surface area contributed by atoms with Crippen LogP contribution in [0.1, 0.15) is 21.5 Å². The summed E-state index contributed by atoms with van der Waals surface area (Å²) in [4.78, 5) is 25.4. The monoisotopic (exact) mass is 392 g/mol. The van der Waals surface area contributed by atoms with Crippen molar-refractivity contribution in [2.24, 2.45) is 5.84 Å². The molecule has 0 bridgehead atoms. The van der Waals surface area contributed by atoms with E-state index in [1.807, 2.05) is 19.1 Å². The summed E-state index contributed by atoms with van der Waals surface area (Å²) in [5.41, 5.74) is 2.09. The maximum Gasteiger partial charge on any atom is 0.279 e. The third-order valence-electron chi connectivity index (χ3n) is 4.43. The van der Waals surface area contributed by atoms with Crippen LogP contribution in [0.15, 0.2) is 60.7 Å². The normalized spacial score (nSPS) is 10.6. The van der Waals surface area contributed by atoms with Crippen molar-refractivity contribution in [2.75, 3.05) is 0 Å². The molecule has 5 N–H and O–H groups in total. The fourth-order valence-corrected chi connectivity index (χ4v) is 2.96. The number of rotatable bonds is 4. The largest absolute Gasteiger partial charge is 0.508 e. The molecule has 0 unspecified atom stereocenters. The molecule has 7 nitrogen and oxygen atoms in total. The Morgan fingerprint density at radius 2 is 1.62 bits per heavy atom. The first-order valence-electron chi connectivity index (χ1n) is 8.79. The van der Waals surface area contributed by atoms with Gasteiger partial charge in [0.05, 0.1) is 12.0 Å². The van der Waals surface area contributed by atoms with E-state index in [0.717, 1.165) is 11.6 Å². The van der Waals surface area contributed by atoms with E-state index in [1.54, 1.807) is 24.3 Å². The molecule has 0 fully saturated rings. The van der Waals surface area contributed by atoms with Gasteiger partial charge in [0.25, 0.3) is 5.91 Å². The number of imide groups is 1. The standard InChI is InChI=1S/C22H20N2O5/c1-13-5-7-15(8-6-13)18-11-17(26)12-19(27)21(18)22(29)24(23)20(28)10-14-3-2-4-16(25)9-14/h2-9,11-12,25-27H,10,23H2,1H3. The minimum Gasteiger partial charge on any atom is -0.508 e. The lowest BCUT2D eigenvalue weighted by molar-refractivity contribution is -0.128. The van der Waals surface area contributed by atoms with Crippen LogP contribution >= 0.6 is 0 Å². The Morgan fingerprint density at radius 1 is 0.931 bits per heavy atom. The van der Waals surface area contributed by atoms with Gasteiger partial charge in [-0.05, 0) is 36.2 Å². The lowest BCUT2D eigenvalue weighted by atomic mass is 9.96. The minimum atomic E-state index is -0.914. The second-order valence-corrected chi connectivity index (χ2v) is 6.67. The molecule has 0 heterocycles. The van der Waals surface area contributed by atoms with Gasteiger partial charge < -0.3 is 15.3 Å². The molecule has 0 aliphatic rings. The molecule has 7 heteroatoms. The van der Waals surface area contributed by atoms with Gasteiger partial charge in [-0.3, -0.25) is 9.59 Å². The van der Waals surface area contributed by atoms with Crippen LogP contribution in [-0.2, 0) is 11.2 Å². The molecule has 3 aromatic rings. The van der Waals surface area contributed by atoms with Crippen LogP contribution in [0.2, 0.25) is 0 Å². The average molecular weight is 392 g/mol. The van der Waals surface area contributed by atoms with Crippen molar-refractivity contribution in [3.8, 4) is 28.4 Å². The van der Waals surface area contributed by atoms with Crippen LogP contribution in [-0.4, -0.2) is 32.1 Å². The molecule has 2 amide bonds. The summed E-state index contributed by atoms with van der Waals surface area (Å²) in [6.07, 6.45) is -0.213. The summed E-state index contributed by atoms with van der Waals surface area (Å²) in [5, 5.41) is 30.1. The maximum absolute atomic E-state index is 12.9. The van der Waals surface area contributed by atoms with Crippen molar-refractivity contribution >= 4 is 11.8 Å². The zero-order valence-corrected chi connectivity index (χ0v) is 15.7. The highest BCUT2D eigenvalue weighted by Gasteiger charge is 2.26. The molecule has 0 saturated heterocycles. The summed E-state index contributed by atoms with van der Waals surface area (Å²) in [6.45, 7) is 1.90. The summed E-state index contributed by atoms with van der Waals surface area (Å²) in [6, 6.07) is 15.5. The molecule has 0 saturated carbocycles. The predicted octanol–water partition coefficient (Wildman–Crippen LogP) is 2.86. The van der Waals surface area contributed by atoms with Crippen LogP contribution < -0.4 is 5.84 Å². The van der Waals surface area contributed by atoms with Crippen molar-refractivity contribution in [2.45, 2.75) is 13.3 Å². The predicted molar refractivity (Wildman–Crippen MR) is 107 cm³/mol. The molecule has 3 rings (SSSR count). The number of phenolic OH excluding ortho intramolecular Hbond substituents is 3. The Hall–Kier alpha value is -3.84. The van der Waals surface area contributed by atoms with E-state index in [9.17, 15) is 24.9 Å². The zero-order chi connectivity index (χ0) is 21.1. The summed E-state index contributed by atoms with van der Waals surface area (Å²) < 4.78 is 0. The first-order valence-corrected chi connectivity index (χ1v) is 8.79. The molecule has 148 valence electrons. The highest BCUT2D eigenvalue weighted by atomic mass is 16.3. The van der Waals surface area contributed by atoms with Crippen molar-refractivity contribution in [3.05, 3.63) is 77.4 Å². The zero-order valence-electron chi connectivity index (χ0n) is 15.7. The maximum atomic E-state index is 12.9. The van der Waals surface area contributed by atoms with Crippen molar-refractivity contribution in [1.29, 1.82) is 0 Å². The van der Waals surface area contributed by atoms with Gasteiger partial charge in [0.2, 0.25) is 5.91 Å². The van der Waals surface area contributed by atoms with Gasteiger partial charge in [0.15, 0.2) is 0 Å². The number of hydrogen-bond acceptors (Lipinski definition) is 6. The molecular weight excluding hydrogens is 372 g/mol. The van der Waals surface area contributed by atoms with Gasteiger partial charge in [0, 0.05) is 11.6 Å². The highest BCUT2D eigenvalue weighted by Crippen LogP contribution is 2.35. The van der Waals surface area contributed by atoms with Gasteiger partial charge in [-0.25, -0.2) is 10.9 Å². The Labute approximate surface area is 167 Å². The molecule has 0 radical (unpaired) electrons.